The zero-order chi connectivity index (χ0) is 10.3. The molecule has 0 bridgehead atoms. The Morgan fingerprint density at radius 1 is 1.29 bits per heavy atom. The number of hydrogen-bond donors (Lipinski definition) is 1. The summed E-state index contributed by atoms with van der Waals surface area (Å²) in [5.74, 6) is -0.487. The smallest absolute Gasteiger partial charge is 0.262 e. The van der Waals surface area contributed by atoms with Gasteiger partial charge in [-0.1, -0.05) is 41.4 Å². The standard InChI is InChI=1S/C9H6Cl3NO/c10-7-5-3-1-2-4-6(5)13-8(14)9(7,11)12/h1-4,7H,(H,13,14). The first-order valence-electron chi connectivity index (χ1n) is 3.96. The molecule has 1 heterocycles. The first-order chi connectivity index (χ1) is 6.53. The van der Waals surface area contributed by atoms with E-state index >= 15 is 0 Å². The monoisotopic (exact) mass is 249 g/mol. The molecule has 1 aliphatic heterocycles. The number of anilines is 1. The highest BCUT2D eigenvalue weighted by Gasteiger charge is 2.46. The van der Waals surface area contributed by atoms with E-state index in [2.05, 4.69) is 5.32 Å². The summed E-state index contributed by atoms with van der Waals surface area (Å²) in [6, 6.07) is 7.16. The Kier molecular flexibility index (Phi) is 2.38. The van der Waals surface area contributed by atoms with Crippen molar-refractivity contribution in [2.75, 3.05) is 5.32 Å². The fourth-order valence-electron chi connectivity index (χ4n) is 1.35. The molecule has 14 heavy (non-hydrogen) atoms. The lowest BCUT2D eigenvalue weighted by Crippen LogP contribution is -2.40. The van der Waals surface area contributed by atoms with Gasteiger partial charge < -0.3 is 5.32 Å². The van der Waals surface area contributed by atoms with Crippen molar-refractivity contribution >= 4 is 46.4 Å². The molecule has 1 N–H and O–H groups in total. The minimum Gasteiger partial charge on any atom is -0.323 e. The molecule has 0 aliphatic carbocycles. The third-order valence-electron chi connectivity index (χ3n) is 2.10. The Morgan fingerprint density at radius 2 is 1.93 bits per heavy atom. The third-order valence-corrected chi connectivity index (χ3v) is 3.67. The fourth-order valence-corrected chi connectivity index (χ4v) is 1.97. The van der Waals surface area contributed by atoms with Crippen LogP contribution in [-0.2, 0) is 4.79 Å². The van der Waals surface area contributed by atoms with Gasteiger partial charge in [-0.3, -0.25) is 4.79 Å². The summed E-state index contributed by atoms with van der Waals surface area (Å²) in [7, 11) is 0. The van der Waals surface area contributed by atoms with Gasteiger partial charge in [-0.15, -0.1) is 11.6 Å². The van der Waals surface area contributed by atoms with Crippen LogP contribution in [0.4, 0.5) is 5.69 Å². The highest BCUT2D eigenvalue weighted by Crippen LogP contribution is 2.47. The lowest BCUT2D eigenvalue weighted by molar-refractivity contribution is -0.117. The predicted octanol–water partition coefficient (Wildman–Crippen LogP) is 3.09. The topological polar surface area (TPSA) is 29.1 Å². The average molecular weight is 251 g/mol. The second kappa shape index (κ2) is 3.30. The van der Waals surface area contributed by atoms with Crippen molar-refractivity contribution in [1.29, 1.82) is 0 Å². The van der Waals surface area contributed by atoms with Crippen LogP contribution in [0.15, 0.2) is 24.3 Å². The van der Waals surface area contributed by atoms with Crippen molar-refractivity contribution in [1.82, 2.24) is 0 Å². The second-order valence-electron chi connectivity index (χ2n) is 3.03. The van der Waals surface area contributed by atoms with E-state index in [0.717, 1.165) is 5.56 Å². The van der Waals surface area contributed by atoms with Crippen molar-refractivity contribution in [3.63, 3.8) is 0 Å². The number of rotatable bonds is 0. The first-order valence-corrected chi connectivity index (χ1v) is 5.15. The number of carbonyl (C=O) groups excluding carboxylic acids is 1. The van der Waals surface area contributed by atoms with Crippen LogP contribution in [0.2, 0.25) is 0 Å². The van der Waals surface area contributed by atoms with E-state index in [1.54, 1.807) is 18.2 Å². The van der Waals surface area contributed by atoms with Crippen LogP contribution >= 0.6 is 34.8 Å². The van der Waals surface area contributed by atoms with Gasteiger partial charge in [0.2, 0.25) is 4.33 Å². The summed E-state index contributed by atoms with van der Waals surface area (Å²) in [6.07, 6.45) is 0. The molecule has 0 saturated carbocycles. The zero-order valence-corrected chi connectivity index (χ0v) is 9.20. The molecule has 2 nitrogen and oxygen atoms in total. The molecule has 1 atom stereocenters. The number of fused-ring (bicyclic) bond motifs is 1. The Morgan fingerprint density at radius 3 is 2.64 bits per heavy atom. The van der Waals surface area contributed by atoms with E-state index in [4.69, 9.17) is 34.8 Å². The van der Waals surface area contributed by atoms with Gasteiger partial charge in [0.1, 0.15) is 5.38 Å². The van der Waals surface area contributed by atoms with Crippen molar-refractivity contribution in [2.45, 2.75) is 9.71 Å². The number of benzene rings is 1. The molecule has 1 unspecified atom stereocenters. The molecular formula is C9H6Cl3NO. The van der Waals surface area contributed by atoms with E-state index < -0.39 is 15.6 Å². The number of nitrogens with one attached hydrogen (secondary N) is 1. The number of halogens is 3. The number of alkyl halides is 3. The molecule has 1 amide bonds. The molecule has 1 aliphatic rings. The van der Waals surface area contributed by atoms with Crippen LogP contribution in [0.1, 0.15) is 10.9 Å². The van der Waals surface area contributed by atoms with Gasteiger partial charge in [0, 0.05) is 5.69 Å². The van der Waals surface area contributed by atoms with Crippen LogP contribution in [0.25, 0.3) is 0 Å². The normalized spacial score (nSPS) is 23.9. The van der Waals surface area contributed by atoms with Crippen molar-refractivity contribution in [2.24, 2.45) is 0 Å². The van der Waals surface area contributed by atoms with Crippen molar-refractivity contribution in [3.05, 3.63) is 29.8 Å². The fraction of sp³-hybridized carbons (Fsp3) is 0.222. The minimum atomic E-state index is -1.60. The largest absolute Gasteiger partial charge is 0.323 e. The molecule has 0 aromatic heterocycles. The molecule has 0 fully saturated rings. The first kappa shape index (κ1) is 10.1. The second-order valence-corrected chi connectivity index (χ2v) is 4.85. The van der Waals surface area contributed by atoms with E-state index in [9.17, 15) is 4.79 Å². The molecule has 0 saturated heterocycles. The SMILES string of the molecule is O=C1Nc2ccccc2C(Cl)C1(Cl)Cl. The molecule has 0 spiro atoms. The van der Waals surface area contributed by atoms with Crippen LogP contribution in [0.3, 0.4) is 0 Å². The molecule has 0 radical (unpaired) electrons. The van der Waals surface area contributed by atoms with E-state index in [1.165, 1.54) is 0 Å². The lowest BCUT2D eigenvalue weighted by Gasteiger charge is -2.31. The summed E-state index contributed by atoms with van der Waals surface area (Å²) in [5, 5.41) is 1.87. The maximum atomic E-state index is 11.4. The van der Waals surface area contributed by atoms with Crippen LogP contribution in [-0.4, -0.2) is 10.2 Å². The predicted molar refractivity (Wildman–Crippen MR) is 58.1 cm³/mol. The van der Waals surface area contributed by atoms with E-state index in [1.807, 2.05) is 6.07 Å². The minimum absolute atomic E-state index is 0.487. The van der Waals surface area contributed by atoms with E-state index in [0.29, 0.717) is 5.69 Å². The summed E-state index contributed by atoms with van der Waals surface area (Å²) in [6.45, 7) is 0. The average Bonchev–Trinajstić information content (AvgIpc) is 2.15. The van der Waals surface area contributed by atoms with Gasteiger partial charge in [0.15, 0.2) is 0 Å². The Balaban J connectivity index is 2.55. The van der Waals surface area contributed by atoms with Gasteiger partial charge in [-0.2, -0.15) is 0 Å². The summed E-state index contributed by atoms with van der Waals surface area (Å²) in [4.78, 5) is 11.4. The maximum Gasteiger partial charge on any atom is 0.262 e. The Labute approximate surface area is 96.1 Å². The highest BCUT2D eigenvalue weighted by molar-refractivity contribution is 6.62. The molecule has 74 valence electrons. The van der Waals surface area contributed by atoms with Gasteiger partial charge in [-0.25, -0.2) is 0 Å². The molecule has 2 rings (SSSR count). The quantitative estimate of drug-likeness (QED) is 0.704. The molecular weight excluding hydrogens is 244 g/mol. The van der Waals surface area contributed by atoms with Crippen LogP contribution in [0, 0.1) is 0 Å². The van der Waals surface area contributed by atoms with Gasteiger partial charge >= 0.3 is 0 Å². The zero-order valence-electron chi connectivity index (χ0n) is 6.93. The third kappa shape index (κ3) is 1.38. The molecule has 1 aromatic carbocycles. The summed E-state index contributed by atoms with van der Waals surface area (Å²) < 4.78 is -1.60. The van der Waals surface area contributed by atoms with Crippen molar-refractivity contribution in [3.8, 4) is 0 Å². The van der Waals surface area contributed by atoms with Crippen LogP contribution in [0.5, 0.6) is 0 Å². The highest BCUT2D eigenvalue weighted by atomic mass is 35.5. The van der Waals surface area contributed by atoms with Crippen molar-refractivity contribution < 1.29 is 4.79 Å². The lowest BCUT2D eigenvalue weighted by atomic mass is 10.0. The number of carbonyl (C=O) groups is 1. The van der Waals surface area contributed by atoms with E-state index in [-0.39, 0.29) is 0 Å². The van der Waals surface area contributed by atoms with Crippen LogP contribution < -0.4 is 5.32 Å². The van der Waals surface area contributed by atoms with Gasteiger partial charge in [-0.05, 0) is 11.6 Å². The van der Waals surface area contributed by atoms with Gasteiger partial charge in [0.05, 0.1) is 0 Å². The number of para-hydroxylation sites is 1. The summed E-state index contributed by atoms with van der Waals surface area (Å²) in [5.41, 5.74) is 1.40. The molecule has 5 heteroatoms. The number of amides is 1. The maximum absolute atomic E-state index is 11.4. The molecule has 1 aromatic rings. The number of hydrogen-bond acceptors (Lipinski definition) is 1. The summed E-state index contributed by atoms with van der Waals surface area (Å²) >= 11 is 17.7. The Hall–Kier alpha value is -0.440. The van der Waals surface area contributed by atoms with Gasteiger partial charge in [0.25, 0.3) is 5.91 Å². The Bertz CT molecular complexity index is 391.